The van der Waals surface area contributed by atoms with E-state index in [4.69, 9.17) is 29.0 Å². The molecule has 0 amide bonds. The summed E-state index contributed by atoms with van der Waals surface area (Å²) in [7, 11) is 0. The van der Waals surface area contributed by atoms with Crippen molar-refractivity contribution in [2.24, 2.45) is 0 Å². The van der Waals surface area contributed by atoms with Crippen molar-refractivity contribution in [3.8, 4) is 0 Å². The van der Waals surface area contributed by atoms with Gasteiger partial charge in [-0.2, -0.15) is 4.68 Å². The van der Waals surface area contributed by atoms with Gasteiger partial charge >= 0.3 is 0 Å². The minimum absolute atomic E-state index is 0.289. The normalized spacial score (nSPS) is 10.8. The van der Waals surface area contributed by atoms with E-state index in [1.54, 1.807) is 18.2 Å². The number of rotatable bonds is 5. The number of thioether (sulfide) groups is 1. The number of benzene rings is 2. The molecule has 3 aromatic rings. The van der Waals surface area contributed by atoms with Gasteiger partial charge in [0.1, 0.15) is 5.69 Å². The third-order valence-corrected chi connectivity index (χ3v) is 4.97. The first kappa shape index (κ1) is 17.8. The predicted octanol–water partition coefficient (Wildman–Crippen LogP) is 3.54. The molecule has 0 aliphatic rings. The van der Waals surface area contributed by atoms with Crippen LogP contribution in [0.25, 0.3) is 0 Å². The molecule has 0 spiro atoms. The van der Waals surface area contributed by atoms with Gasteiger partial charge in [-0.1, -0.05) is 59.2 Å². The molecule has 0 saturated carbocycles. The first-order valence-corrected chi connectivity index (χ1v) is 9.12. The highest BCUT2D eigenvalue weighted by Gasteiger charge is 2.11. The number of halogens is 2. The second-order valence-corrected chi connectivity index (χ2v) is 7.14. The molecule has 128 valence electrons. The molecule has 1 heterocycles. The van der Waals surface area contributed by atoms with E-state index in [2.05, 4.69) is 10.2 Å². The largest absolute Gasteiger partial charge is 0.334 e. The Morgan fingerprint density at radius 3 is 2.48 bits per heavy atom. The zero-order chi connectivity index (χ0) is 17.8. The molecule has 2 aromatic carbocycles. The fourth-order valence-electron chi connectivity index (χ4n) is 2.20. The van der Waals surface area contributed by atoms with Crippen LogP contribution in [0.4, 0.5) is 0 Å². The average molecular weight is 393 g/mol. The van der Waals surface area contributed by atoms with Crippen LogP contribution in [0.1, 0.15) is 16.8 Å². The lowest BCUT2D eigenvalue weighted by Gasteiger charge is -2.08. The Morgan fingerprint density at radius 2 is 1.76 bits per heavy atom. The summed E-state index contributed by atoms with van der Waals surface area (Å²) in [5.41, 5.74) is 1.85. The highest BCUT2D eigenvalue weighted by atomic mass is 35.5. The minimum Gasteiger partial charge on any atom is -0.334 e. The van der Waals surface area contributed by atoms with Crippen molar-refractivity contribution in [1.82, 2.24) is 14.9 Å². The molecule has 0 atom stereocenters. The summed E-state index contributed by atoms with van der Waals surface area (Å²) in [6.07, 6.45) is 0.347. The van der Waals surface area contributed by atoms with E-state index in [1.165, 1.54) is 11.8 Å². The quantitative estimate of drug-likeness (QED) is 0.530. The van der Waals surface area contributed by atoms with Crippen molar-refractivity contribution in [2.75, 3.05) is 5.84 Å². The van der Waals surface area contributed by atoms with Crippen LogP contribution in [-0.4, -0.2) is 14.9 Å². The van der Waals surface area contributed by atoms with Crippen LogP contribution in [0, 0.1) is 0 Å². The summed E-state index contributed by atoms with van der Waals surface area (Å²) in [6, 6.07) is 14.7. The van der Waals surface area contributed by atoms with Crippen molar-refractivity contribution in [2.45, 2.75) is 17.3 Å². The van der Waals surface area contributed by atoms with Crippen molar-refractivity contribution < 1.29 is 0 Å². The van der Waals surface area contributed by atoms with Crippen LogP contribution < -0.4 is 11.4 Å². The highest BCUT2D eigenvalue weighted by Crippen LogP contribution is 2.21. The van der Waals surface area contributed by atoms with E-state index in [1.807, 2.05) is 30.3 Å². The molecule has 0 saturated heterocycles. The Hall–Kier alpha value is -2.02. The van der Waals surface area contributed by atoms with Gasteiger partial charge in [-0.3, -0.25) is 4.79 Å². The molecule has 5 nitrogen and oxygen atoms in total. The summed E-state index contributed by atoms with van der Waals surface area (Å²) in [5, 5.41) is 9.77. The monoisotopic (exact) mass is 392 g/mol. The molecule has 1 aromatic heterocycles. The number of nitrogen functional groups attached to an aromatic ring is 1. The number of hydrogen-bond acceptors (Lipinski definition) is 5. The smallest absolute Gasteiger partial charge is 0.294 e. The van der Waals surface area contributed by atoms with E-state index in [0.717, 1.165) is 15.8 Å². The standard InChI is InChI=1S/C17H14Cl2N4OS/c18-13-6-4-11(5-7-13)9-15-16(24)23(20)17(22-21-15)25-10-12-2-1-3-14(19)8-12/h1-8H,9-10,20H2. The van der Waals surface area contributed by atoms with Gasteiger partial charge in [-0.05, 0) is 35.4 Å². The minimum atomic E-state index is -0.362. The Labute approximate surface area is 158 Å². The molecule has 0 radical (unpaired) electrons. The van der Waals surface area contributed by atoms with Crippen molar-refractivity contribution in [3.63, 3.8) is 0 Å². The molecular weight excluding hydrogens is 379 g/mol. The first-order valence-electron chi connectivity index (χ1n) is 7.38. The topological polar surface area (TPSA) is 73.8 Å². The maximum Gasteiger partial charge on any atom is 0.294 e. The summed E-state index contributed by atoms with van der Waals surface area (Å²) >= 11 is 13.2. The lowest BCUT2D eigenvalue weighted by atomic mass is 10.1. The maximum absolute atomic E-state index is 12.4. The molecule has 0 aliphatic heterocycles. The SMILES string of the molecule is Nn1c(SCc2cccc(Cl)c2)nnc(Cc2ccc(Cl)cc2)c1=O. The van der Waals surface area contributed by atoms with Gasteiger partial charge in [-0.15, -0.1) is 10.2 Å². The fourth-order valence-corrected chi connectivity index (χ4v) is 3.33. The van der Waals surface area contributed by atoms with E-state index in [-0.39, 0.29) is 11.3 Å². The summed E-state index contributed by atoms with van der Waals surface area (Å²) in [4.78, 5) is 12.4. The Morgan fingerprint density at radius 1 is 1.00 bits per heavy atom. The van der Waals surface area contributed by atoms with Gasteiger partial charge in [0.25, 0.3) is 5.56 Å². The predicted molar refractivity (Wildman–Crippen MR) is 102 cm³/mol. The van der Waals surface area contributed by atoms with Crippen LogP contribution in [0.2, 0.25) is 10.0 Å². The third-order valence-electron chi connectivity index (χ3n) is 3.47. The lowest BCUT2D eigenvalue weighted by molar-refractivity contribution is 0.672. The number of nitrogens with two attached hydrogens (primary N) is 1. The molecule has 0 bridgehead atoms. The molecule has 2 N–H and O–H groups in total. The van der Waals surface area contributed by atoms with Gasteiger partial charge in [0, 0.05) is 22.2 Å². The van der Waals surface area contributed by atoms with Gasteiger partial charge in [0.2, 0.25) is 5.16 Å². The zero-order valence-corrected chi connectivity index (χ0v) is 15.4. The van der Waals surface area contributed by atoms with Crippen LogP contribution >= 0.6 is 35.0 Å². The van der Waals surface area contributed by atoms with Crippen molar-refractivity contribution in [3.05, 3.63) is 85.8 Å². The summed E-state index contributed by atoms with van der Waals surface area (Å²) in [6.45, 7) is 0. The molecule has 25 heavy (non-hydrogen) atoms. The Kier molecular flexibility index (Phi) is 5.63. The molecule has 0 unspecified atom stereocenters. The van der Waals surface area contributed by atoms with E-state index in [9.17, 15) is 4.79 Å². The van der Waals surface area contributed by atoms with E-state index in [0.29, 0.717) is 27.4 Å². The lowest BCUT2D eigenvalue weighted by Crippen LogP contribution is -2.33. The summed E-state index contributed by atoms with van der Waals surface area (Å²) in [5.74, 6) is 6.47. The highest BCUT2D eigenvalue weighted by molar-refractivity contribution is 7.98. The maximum atomic E-state index is 12.4. The average Bonchev–Trinajstić information content (AvgIpc) is 2.60. The second kappa shape index (κ2) is 7.91. The van der Waals surface area contributed by atoms with Gasteiger partial charge in [0.15, 0.2) is 0 Å². The van der Waals surface area contributed by atoms with Crippen LogP contribution in [0.5, 0.6) is 0 Å². The van der Waals surface area contributed by atoms with E-state index >= 15 is 0 Å². The number of hydrogen-bond donors (Lipinski definition) is 1. The van der Waals surface area contributed by atoms with Crippen LogP contribution in [0.3, 0.4) is 0 Å². The van der Waals surface area contributed by atoms with Gasteiger partial charge in [-0.25, -0.2) is 0 Å². The van der Waals surface area contributed by atoms with Gasteiger partial charge < -0.3 is 5.84 Å². The van der Waals surface area contributed by atoms with Crippen LogP contribution in [0.15, 0.2) is 58.5 Å². The first-order chi connectivity index (χ1) is 12.0. The van der Waals surface area contributed by atoms with Crippen LogP contribution in [-0.2, 0) is 12.2 Å². The Bertz CT molecular complexity index is 944. The summed E-state index contributed by atoms with van der Waals surface area (Å²) < 4.78 is 1.04. The second-order valence-electron chi connectivity index (χ2n) is 5.33. The number of aromatic nitrogens is 3. The molecule has 0 aliphatic carbocycles. The number of nitrogens with zero attached hydrogens (tertiary/aromatic N) is 3. The van der Waals surface area contributed by atoms with E-state index < -0.39 is 0 Å². The molecule has 0 fully saturated rings. The Balaban J connectivity index is 1.75. The molecular formula is C17H14Cl2N4OS. The van der Waals surface area contributed by atoms with Crippen molar-refractivity contribution in [1.29, 1.82) is 0 Å². The van der Waals surface area contributed by atoms with Gasteiger partial charge in [0.05, 0.1) is 0 Å². The van der Waals surface area contributed by atoms with Crippen molar-refractivity contribution >= 4 is 35.0 Å². The molecule has 3 rings (SSSR count). The third kappa shape index (κ3) is 4.54. The fraction of sp³-hybridized carbons (Fsp3) is 0.118. The zero-order valence-electron chi connectivity index (χ0n) is 13.0. The molecule has 8 heteroatoms.